The zero-order valence-electron chi connectivity index (χ0n) is 16.0. The van der Waals surface area contributed by atoms with Crippen LogP contribution in [0.5, 0.6) is 0 Å². The van der Waals surface area contributed by atoms with Gasteiger partial charge < -0.3 is 10.2 Å². The Kier molecular flexibility index (Phi) is 5.44. The summed E-state index contributed by atoms with van der Waals surface area (Å²) in [6, 6.07) is 0. The van der Waals surface area contributed by atoms with E-state index in [0.717, 1.165) is 24.4 Å². The molecule has 0 fully saturated rings. The lowest BCUT2D eigenvalue weighted by atomic mass is 9.95. The molecular weight excluding hydrogens is 328 g/mol. The standard InChI is InChI=1S/C19H26N6O/c1-12-14-7-5-6-8-16(14)24-17(22-12)9-10-20-18(26)15-11-21-19(25(3)4)23-13(15)2/h11H,5-10H2,1-4H3,(H,20,26). The summed E-state index contributed by atoms with van der Waals surface area (Å²) in [5, 5.41) is 2.92. The predicted octanol–water partition coefficient (Wildman–Crippen LogP) is 1.80. The van der Waals surface area contributed by atoms with Crippen LogP contribution in [0.2, 0.25) is 0 Å². The van der Waals surface area contributed by atoms with E-state index in [0.29, 0.717) is 30.2 Å². The SMILES string of the molecule is Cc1nc(N(C)C)ncc1C(=O)NCCc1nc(C)c2c(n1)CCCC2. The average Bonchev–Trinajstić information content (AvgIpc) is 2.61. The van der Waals surface area contributed by atoms with Crippen LogP contribution in [-0.2, 0) is 19.3 Å². The normalized spacial score (nSPS) is 13.2. The molecule has 7 nitrogen and oxygen atoms in total. The molecule has 0 atom stereocenters. The van der Waals surface area contributed by atoms with Gasteiger partial charge in [0.25, 0.3) is 5.91 Å². The highest BCUT2D eigenvalue weighted by Crippen LogP contribution is 2.21. The van der Waals surface area contributed by atoms with Crippen LogP contribution in [0.4, 0.5) is 5.95 Å². The minimum Gasteiger partial charge on any atom is -0.351 e. The zero-order valence-corrected chi connectivity index (χ0v) is 16.0. The van der Waals surface area contributed by atoms with Crippen LogP contribution in [0, 0.1) is 13.8 Å². The summed E-state index contributed by atoms with van der Waals surface area (Å²) in [5.41, 5.74) is 4.76. The molecular formula is C19H26N6O. The molecule has 2 heterocycles. The van der Waals surface area contributed by atoms with E-state index in [9.17, 15) is 4.79 Å². The van der Waals surface area contributed by atoms with Gasteiger partial charge >= 0.3 is 0 Å². The number of anilines is 1. The topological polar surface area (TPSA) is 83.9 Å². The first-order valence-electron chi connectivity index (χ1n) is 9.10. The minimum atomic E-state index is -0.164. The molecule has 1 aliphatic carbocycles. The third-order valence-electron chi connectivity index (χ3n) is 4.68. The molecule has 26 heavy (non-hydrogen) atoms. The van der Waals surface area contributed by atoms with Crippen molar-refractivity contribution in [1.29, 1.82) is 0 Å². The van der Waals surface area contributed by atoms with E-state index in [-0.39, 0.29) is 5.91 Å². The van der Waals surface area contributed by atoms with Crippen molar-refractivity contribution in [3.63, 3.8) is 0 Å². The molecule has 0 aromatic carbocycles. The minimum absolute atomic E-state index is 0.164. The molecule has 3 rings (SSSR count). The van der Waals surface area contributed by atoms with Crippen LogP contribution in [0.25, 0.3) is 0 Å². The molecule has 0 spiro atoms. The monoisotopic (exact) mass is 354 g/mol. The number of rotatable bonds is 5. The number of fused-ring (bicyclic) bond motifs is 1. The maximum Gasteiger partial charge on any atom is 0.254 e. The van der Waals surface area contributed by atoms with Crippen LogP contribution in [0.15, 0.2) is 6.20 Å². The Morgan fingerprint density at radius 3 is 2.62 bits per heavy atom. The number of aromatic nitrogens is 4. The molecule has 138 valence electrons. The molecule has 1 N–H and O–H groups in total. The van der Waals surface area contributed by atoms with Crippen molar-refractivity contribution in [3.05, 3.63) is 40.2 Å². The van der Waals surface area contributed by atoms with Crippen molar-refractivity contribution < 1.29 is 4.79 Å². The van der Waals surface area contributed by atoms with Gasteiger partial charge in [0.05, 0.1) is 11.3 Å². The van der Waals surface area contributed by atoms with Crippen molar-refractivity contribution in [2.24, 2.45) is 0 Å². The Balaban J connectivity index is 1.61. The molecule has 0 radical (unpaired) electrons. The van der Waals surface area contributed by atoms with Crippen LogP contribution in [0.1, 0.15) is 51.7 Å². The average molecular weight is 354 g/mol. The first kappa shape index (κ1) is 18.2. The Hall–Kier alpha value is -2.57. The van der Waals surface area contributed by atoms with Gasteiger partial charge in [-0.1, -0.05) is 0 Å². The van der Waals surface area contributed by atoms with E-state index in [2.05, 4.69) is 27.2 Å². The van der Waals surface area contributed by atoms with E-state index in [1.165, 1.54) is 24.1 Å². The number of amides is 1. The van der Waals surface area contributed by atoms with Crippen LogP contribution in [0.3, 0.4) is 0 Å². The van der Waals surface area contributed by atoms with E-state index in [1.807, 2.05) is 25.9 Å². The lowest BCUT2D eigenvalue weighted by Crippen LogP contribution is -2.28. The number of hydrogen-bond acceptors (Lipinski definition) is 6. The van der Waals surface area contributed by atoms with Gasteiger partial charge in [-0.3, -0.25) is 4.79 Å². The zero-order chi connectivity index (χ0) is 18.7. The fourth-order valence-electron chi connectivity index (χ4n) is 3.23. The smallest absolute Gasteiger partial charge is 0.254 e. The molecule has 0 saturated heterocycles. The van der Waals surface area contributed by atoms with Gasteiger partial charge in [0.2, 0.25) is 5.95 Å². The number of carbonyl (C=O) groups is 1. The van der Waals surface area contributed by atoms with Crippen LogP contribution >= 0.6 is 0 Å². The van der Waals surface area contributed by atoms with E-state index in [4.69, 9.17) is 4.98 Å². The van der Waals surface area contributed by atoms with Crippen molar-refractivity contribution >= 4 is 11.9 Å². The largest absolute Gasteiger partial charge is 0.351 e. The van der Waals surface area contributed by atoms with Gasteiger partial charge in [0.1, 0.15) is 5.82 Å². The highest BCUT2D eigenvalue weighted by molar-refractivity contribution is 5.94. The summed E-state index contributed by atoms with van der Waals surface area (Å²) >= 11 is 0. The van der Waals surface area contributed by atoms with Gasteiger partial charge in [0, 0.05) is 44.6 Å². The lowest BCUT2D eigenvalue weighted by Gasteiger charge is -2.17. The van der Waals surface area contributed by atoms with Crippen molar-refractivity contribution in [1.82, 2.24) is 25.3 Å². The molecule has 1 aliphatic rings. The highest BCUT2D eigenvalue weighted by Gasteiger charge is 2.16. The fraction of sp³-hybridized carbons (Fsp3) is 0.526. The molecule has 0 saturated carbocycles. The second-order valence-corrected chi connectivity index (χ2v) is 6.93. The van der Waals surface area contributed by atoms with Gasteiger partial charge in [-0.25, -0.2) is 19.9 Å². The number of carbonyl (C=O) groups excluding carboxylic acids is 1. The van der Waals surface area contributed by atoms with Gasteiger partial charge in [-0.15, -0.1) is 0 Å². The van der Waals surface area contributed by atoms with Gasteiger partial charge in [-0.05, 0) is 45.1 Å². The number of aryl methyl sites for hydroxylation is 3. The Morgan fingerprint density at radius 1 is 1.12 bits per heavy atom. The molecule has 2 aromatic heterocycles. The molecule has 1 amide bonds. The van der Waals surface area contributed by atoms with E-state index in [1.54, 1.807) is 6.20 Å². The van der Waals surface area contributed by atoms with Gasteiger partial charge in [-0.2, -0.15) is 0 Å². The fourth-order valence-corrected chi connectivity index (χ4v) is 3.23. The summed E-state index contributed by atoms with van der Waals surface area (Å²) in [7, 11) is 3.74. The van der Waals surface area contributed by atoms with Gasteiger partial charge in [0.15, 0.2) is 0 Å². The predicted molar refractivity (Wildman–Crippen MR) is 101 cm³/mol. The Morgan fingerprint density at radius 2 is 1.88 bits per heavy atom. The molecule has 0 unspecified atom stereocenters. The summed E-state index contributed by atoms with van der Waals surface area (Å²) in [6.45, 7) is 4.37. The van der Waals surface area contributed by atoms with Crippen molar-refractivity contribution in [2.75, 3.05) is 25.5 Å². The Labute approximate surface area is 154 Å². The Bertz CT molecular complexity index is 818. The van der Waals surface area contributed by atoms with Crippen molar-refractivity contribution in [3.8, 4) is 0 Å². The number of hydrogen-bond donors (Lipinski definition) is 1. The first-order chi connectivity index (χ1) is 12.5. The van der Waals surface area contributed by atoms with Crippen LogP contribution < -0.4 is 10.2 Å². The molecule has 0 bridgehead atoms. The quantitative estimate of drug-likeness (QED) is 0.881. The maximum absolute atomic E-state index is 12.4. The molecule has 2 aromatic rings. The summed E-state index contributed by atoms with van der Waals surface area (Å²) < 4.78 is 0. The third kappa shape index (κ3) is 3.98. The second kappa shape index (κ2) is 7.76. The molecule has 0 aliphatic heterocycles. The maximum atomic E-state index is 12.4. The highest BCUT2D eigenvalue weighted by atomic mass is 16.1. The summed E-state index contributed by atoms with van der Waals surface area (Å²) in [5.74, 6) is 1.24. The van der Waals surface area contributed by atoms with E-state index < -0.39 is 0 Å². The first-order valence-corrected chi connectivity index (χ1v) is 9.10. The summed E-state index contributed by atoms with van der Waals surface area (Å²) in [4.78, 5) is 32.1. The van der Waals surface area contributed by atoms with E-state index >= 15 is 0 Å². The number of nitrogens with zero attached hydrogens (tertiary/aromatic N) is 5. The second-order valence-electron chi connectivity index (χ2n) is 6.93. The van der Waals surface area contributed by atoms with Crippen molar-refractivity contribution in [2.45, 2.75) is 46.0 Å². The summed E-state index contributed by atoms with van der Waals surface area (Å²) in [6.07, 6.45) is 6.73. The third-order valence-corrected chi connectivity index (χ3v) is 4.68. The molecule has 7 heteroatoms. The van der Waals surface area contributed by atoms with Crippen LogP contribution in [-0.4, -0.2) is 46.5 Å². The number of nitrogens with one attached hydrogen (secondary N) is 1. The lowest BCUT2D eigenvalue weighted by molar-refractivity contribution is 0.0952.